The van der Waals surface area contributed by atoms with Crippen LogP contribution in [0.5, 0.6) is 0 Å². The Morgan fingerprint density at radius 1 is 1.35 bits per heavy atom. The van der Waals surface area contributed by atoms with Crippen molar-refractivity contribution in [1.29, 1.82) is 0 Å². The number of nitro benzene ring substituents is 1. The molecule has 0 radical (unpaired) electrons. The zero-order valence-corrected chi connectivity index (χ0v) is 12.3. The minimum Gasteiger partial charge on any atom is -0.383 e. The number of hydrogen-bond acceptors (Lipinski definition) is 4. The Hall–Kier alpha value is -2.15. The second-order valence-electron chi connectivity index (χ2n) is 4.17. The normalized spacial score (nSPS) is 10.3. The van der Waals surface area contributed by atoms with Crippen LogP contribution in [0.25, 0.3) is 0 Å². The van der Waals surface area contributed by atoms with E-state index in [0.717, 1.165) is 10.0 Å². The van der Waals surface area contributed by atoms with Gasteiger partial charge in [0.25, 0.3) is 11.2 Å². The van der Waals surface area contributed by atoms with Crippen LogP contribution in [0.4, 0.5) is 11.4 Å². The van der Waals surface area contributed by atoms with Crippen molar-refractivity contribution in [3.8, 4) is 0 Å². The molecule has 0 fully saturated rings. The SMILES string of the molecule is CNc1cc(Cn2cc(Br)ccc2=O)ccc1[N+](=O)[O-]. The minimum atomic E-state index is -0.444. The van der Waals surface area contributed by atoms with Gasteiger partial charge in [0.15, 0.2) is 0 Å². The first kappa shape index (κ1) is 14.3. The van der Waals surface area contributed by atoms with Gasteiger partial charge in [-0.3, -0.25) is 14.9 Å². The molecule has 0 atom stereocenters. The van der Waals surface area contributed by atoms with Gasteiger partial charge in [0.1, 0.15) is 5.69 Å². The lowest BCUT2D eigenvalue weighted by Crippen LogP contribution is -2.18. The number of nitrogens with one attached hydrogen (secondary N) is 1. The largest absolute Gasteiger partial charge is 0.383 e. The van der Waals surface area contributed by atoms with Crippen LogP contribution in [-0.4, -0.2) is 16.5 Å². The van der Waals surface area contributed by atoms with E-state index in [-0.39, 0.29) is 11.2 Å². The summed E-state index contributed by atoms with van der Waals surface area (Å²) in [5, 5.41) is 13.6. The summed E-state index contributed by atoms with van der Waals surface area (Å²) in [5.41, 5.74) is 1.12. The van der Waals surface area contributed by atoms with Crippen molar-refractivity contribution in [1.82, 2.24) is 4.57 Å². The predicted molar refractivity (Wildman–Crippen MR) is 80.1 cm³/mol. The zero-order valence-electron chi connectivity index (χ0n) is 10.7. The first-order valence-electron chi connectivity index (χ1n) is 5.82. The molecule has 0 aliphatic heterocycles. The summed E-state index contributed by atoms with van der Waals surface area (Å²) in [6.07, 6.45) is 1.68. The van der Waals surface area contributed by atoms with Gasteiger partial charge in [0, 0.05) is 29.8 Å². The van der Waals surface area contributed by atoms with E-state index in [4.69, 9.17) is 0 Å². The molecule has 0 aliphatic carbocycles. The Kier molecular flexibility index (Phi) is 4.19. The van der Waals surface area contributed by atoms with E-state index in [2.05, 4.69) is 21.2 Å². The van der Waals surface area contributed by atoms with Crippen molar-refractivity contribution < 1.29 is 4.92 Å². The van der Waals surface area contributed by atoms with E-state index in [9.17, 15) is 14.9 Å². The van der Waals surface area contributed by atoms with Crippen molar-refractivity contribution in [2.45, 2.75) is 6.54 Å². The van der Waals surface area contributed by atoms with Crippen molar-refractivity contribution in [3.63, 3.8) is 0 Å². The molecular formula is C13H12BrN3O3. The molecule has 1 aromatic heterocycles. The molecule has 0 saturated carbocycles. The Bertz CT molecular complexity index is 712. The minimum absolute atomic E-state index is 0.0119. The van der Waals surface area contributed by atoms with Gasteiger partial charge in [0.05, 0.1) is 11.5 Å². The number of nitrogens with zero attached hydrogens (tertiary/aromatic N) is 2. The maximum Gasteiger partial charge on any atom is 0.292 e. The number of anilines is 1. The summed E-state index contributed by atoms with van der Waals surface area (Å²) in [7, 11) is 1.62. The molecule has 7 heteroatoms. The fraction of sp³-hybridized carbons (Fsp3) is 0.154. The van der Waals surface area contributed by atoms with Crippen LogP contribution >= 0.6 is 15.9 Å². The summed E-state index contributed by atoms with van der Waals surface area (Å²) in [6, 6.07) is 7.89. The molecule has 104 valence electrons. The summed E-state index contributed by atoms with van der Waals surface area (Å²) < 4.78 is 2.33. The van der Waals surface area contributed by atoms with Crippen LogP contribution in [0.3, 0.4) is 0 Å². The average Bonchev–Trinajstić information content (AvgIpc) is 2.42. The number of hydrogen-bond donors (Lipinski definition) is 1. The molecule has 0 saturated heterocycles. The number of aromatic nitrogens is 1. The lowest BCUT2D eigenvalue weighted by Gasteiger charge is -2.08. The van der Waals surface area contributed by atoms with E-state index < -0.39 is 4.92 Å². The van der Waals surface area contributed by atoms with E-state index in [1.54, 1.807) is 31.4 Å². The topological polar surface area (TPSA) is 77.2 Å². The molecule has 1 aromatic carbocycles. The second kappa shape index (κ2) is 5.87. The van der Waals surface area contributed by atoms with Gasteiger partial charge in [-0.15, -0.1) is 0 Å². The highest BCUT2D eigenvalue weighted by molar-refractivity contribution is 9.10. The smallest absolute Gasteiger partial charge is 0.292 e. The molecule has 0 unspecified atom stereocenters. The number of nitro groups is 1. The van der Waals surface area contributed by atoms with Crippen molar-refractivity contribution in [2.24, 2.45) is 0 Å². The fourth-order valence-corrected chi connectivity index (χ4v) is 2.24. The maximum atomic E-state index is 11.7. The van der Waals surface area contributed by atoms with Gasteiger partial charge in [-0.1, -0.05) is 6.07 Å². The predicted octanol–water partition coefficient (Wildman–Crippen LogP) is 2.61. The molecule has 1 heterocycles. The summed E-state index contributed by atoms with van der Waals surface area (Å²) >= 11 is 3.31. The van der Waals surface area contributed by atoms with E-state index in [1.165, 1.54) is 16.7 Å². The Morgan fingerprint density at radius 2 is 2.10 bits per heavy atom. The highest BCUT2D eigenvalue weighted by Crippen LogP contribution is 2.25. The third-order valence-corrected chi connectivity index (χ3v) is 3.30. The quantitative estimate of drug-likeness (QED) is 0.687. The fourth-order valence-electron chi connectivity index (χ4n) is 1.86. The Balaban J connectivity index is 2.37. The van der Waals surface area contributed by atoms with Crippen molar-refractivity contribution in [2.75, 3.05) is 12.4 Å². The van der Waals surface area contributed by atoms with E-state index in [0.29, 0.717) is 12.2 Å². The highest BCUT2D eigenvalue weighted by atomic mass is 79.9. The van der Waals surface area contributed by atoms with Crippen LogP contribution in [0.2, 0.25) is 0 Å². The first-order chi connectivity index (χ1) is 9.51. The van der Waals surface area contributed by atoms with Gasteiger partial charge < -0.3 is 9.88 Å². The summed E-state index contributed by atoms with van der Waals surface area (Å²) in [4.78, 5) is 22.1. The molecule has 0 spiro atoms. The highest BCUT2D eigenvalue weighted by Gasteiger charge is 2.13. The third kappa shape index (κ3) is 3.05. The van der Waals surface area contributed by atoms with Gasteiger partial charge in [-0.25, -0.2) is 0 Å². The van der Waals surface area contributed by atoms with Crippen molar-refractivity contribution >= 4 is 27.3 Å². The standard InChI is InChI=1S/C13H12BrN3O3/c1-15-11-6-9(2-4-12(11)17(19)20)7-16-8-10(14)3-5-13(16)18/h2-6,8,15H,7H2,1H3. The van der Waals surface area contributed by atoms with Crippen LogP contribution in [0, 0.1) is 10.1 Å². The number of benzene rings is 1. The van der Waals surface area contributed by atoms with Gasteiger partial charge >= 0.3 is 0 Å². The second-order valence-corrected chi connectivity index (χ2v) is 5.09. The monoisotopic (exact) mass is 337 g/mol. The summed E-state index contributed by atoms with van der Waals surface area (Å²) in [6.45, 7) is 0.352. The van der Waals surface area contributed by atoms with Crippen LogP contribution in [-0.2, 0) is 6.54 Å². The molecular weight excluding hydrogens is 326 g/mol. The molecule has 2 aromatic rings. The van der Waals surface area contributed by atoms with E-state index >= 15 is 0 Å². The van der Waals surface area contributed by atoms with E-state index in [1.807, 2.05) is 0 Å². The maximum absolute atomic E-state index is 11.7. The Labute approximate surface area is 123 Å². The molecule has 20 heavy (non-hydrogen) atoms. The third-order valence-electron chi connectivity index (χ3n) is 2.83. The van der Waals surface area contributed by atoms with Crippen molar-refractivity contribution in [3.05, 3.63) is 67.0 Å². The molecule has 2 rings (SSSR count). The molecule has 1 N–H and O–H groups in total. The molecule has 0 amide bonds. The first-order valence-corrected chi connectivity index (χ1v) is 6.61. The van der Waals surface area contributed by atoms with Gasteiger partial charge in [0.2, 0.25) is 0 Å². The number of halogens is 1. The van der Waals surface area contributed by atoms with Gasteiger partial charge in [-0.2, -0.15) is 0 Å². The van der Waals surface area contributed by atoms with Crippen LogP contribution in [0.1, 0.15) is 5.56 Å². The lowest BCUT2D eigenvalue weighted by molar-refractivity contribution is -0.383. The zero-order chi connectivity index (χ0) is 14.7. The summed E-state index contributed by atoms with van der Waals surface area (Å²) in [5.74, 6) is 0. The lowest BCUT2D eigenvalue weighted by atomic mass is 10.1. The molecule has 6 nitrogen and oxygen atoms in total. The average molecular weight is 338 g/mol. The van der Waals surface area contributed by atoms with Gasteiger partial charge in [-0.05, 0) is 33.6 Å². The number of rotatable bonds is 4. The molecule has 0 aliphatic rings. The van der Waals surface area contributed by atoms with Crippen LogP contribution in [0.15, 0.2) is 45.8 Å². The van der Waals surface area contributed by atoms with Crippen LogP contribution < -0.4 is 10.9 Å². The Morgan fingerprint density at radius 3 is 2.75 bits per heavy atom. The number of pyridine rings is 1. The molecule has 0 bridgehead atoms.